The summed E-state index contributed by atoms with van der Waals surface area (Å²) in [4.78, 5) is 72.5. The summed E-state index contributed by atoms with van der Waals surface area (Å²) in [5, 5.41) is 24.5. The Kier molecular flexibility index (Phi) is 6.83. The van der Waals surface area contributed by atoms with Crippen LogP contribution in [0.1, 0.15) is 27.9 Å². The van der Waals surface area contributed by atoms with Crippen molar-refractivity contribution in [3.8, 4) is 5.75 Å². The van der Waals surface area contributed by atoms with Gasteiger partial charge in [0, 0.05) is 43.0 Å². The molecule has 6 atom stereocenters. The van der Waals surface area contributed by atoms with E-state index >= 15 is 0 Å². The minimum Gasteiger partial charge on any atom is -0.507 e. The summed E-state index contributed by atoms with van der Waals surface area (Å²) < 4.78 is 0. The third kappa shape index (κ3) is 4.01. The lowest BCUT2D eigenvalue weighted by Crippen LogP contribution is -2.74. The van der Waals surface area contributed by atoms with Crippen LogP contribution in [0.5, 0.6) is 5.75 Å². The molecule has 218 valence electrons. The number of rotatable bonds is 5. The number of aliphatic hydroxyl groups is 1. The fourth-order valence-electron chi connectivity index (χ4n) is 7.47. The fourth-order valence-corrected chi connectivity index (χ4v) is 7.47. The van der Waals surface area contributed by atoms with Crippen LogP contribution >= 0.6 is 0 Å². The number of anilines is 1. The number of phenols is 1. The Morgan fingerprint density at radius 2 is 1.68 bits per heavy atom. The van der Waals surface area contributed by atoms with Gasteiger partial charge in [0.1, 0.15) is 5.75 Å². The maximum Gasteiger partial charge on any atom is 0.235 e. The Bertz CT molecular complexity index is 1530. The summed E-state index contributed by atoms with van der Waals surface area (Å²) in [5.41, 5.74) is 4.87. The zero-order valence-corrected chi connectivity index (χ0v) is 24.1. The molecule has 5 rings (SSSR count). The number of carbonyl (C=O) groups excluding carboxylic acids is 5. The van der Waals surface area contributed by atoms with E-state index in [-0.39, 0.29) is 24.2 Å². The maximum absolute atomic E-state index is 14.2. The smallest absolute Gasteiger partial charge is 0.235 e. The Morgan fingerprint density at radius 1 is 1.02 bits per heavy atom. The highest BCUT2D eigenvalue weighted by Gasteiger charge is 2.69. The topological polar surface area (TPSA) is 162 Å². The monoisotopic (exact) mass is 564 g/mol. The van der Waals surface area contributed by atoms with Gasteiger partial charge in [-0.05, 0) is 64.1 Å². The van der Waals surface area contributed by atoms with Crippen molar-refractivity contribution in [2.75, 3.05) is 47.2 Å². The summed E-state index contributed by atoms with van der Waals surface area (Å²) in [6, 6.07) is 4.56. The van der Waals surface area contributed by atoms with Crippen LogP contribution in [0.3, 0.4) is 0 Å². The van der Waals surface area contributed by atoms with E-state index in [4.69, 9.17) is 5.73 Å². The Balaban J connectivity index is 1.71. The molecule has 3 aliphatic rings. The molecule has 0 aromatic heterocycles. The quantitative estimate of drug-likeness (QED) is 0.426. The molecule has 2 aromatic carbocycles. The fraction of sp³-hybridized carbons (Fsp3) is 0.500. The van der Waals surface area contributed by atoms with Crippen LogP contribution in [-0.4, -0.2) is 103 Å². The first kappa shape index (κ1) is 28.8. The molecule has 0 bridgehead atoms. The van der Waals surface area contributed by atoms with Crippen LogP contribution in [0.2, 0.25) is 0 Å². The predicted molar refractivity (Wildman–Crippen MR) is 151 cm³/mol. The summed E-state index contributed by atoms with van der Waals surface area (Å²) >= 11 is 0. The predicted octanol–water partition coefficient (Wildman–Crippen LogP) is 0.148. The van der Waals surface area contributed by atoms with Crippen molar-refractivity contribution < 1.29 is 34.2 Å². The van der Waals surface area contributed by atoms with Crippen molar-refractivity contribution in [1.82, 2.24) is 9.80 Å². The number of aromatic hydroxyl groups is 1. The highest BCUT2D eigenvalue weighted by Crippen LogP contribution is 2.53. The molecule has 11 nitrogen and oxygen atoms in total. The van der Waals surface area contributed by atoms with Crippen molar-refractivity contribution in [2.45, 2.75) is 31.0 Å². The third-order valence-corrected chi connectivity index (χ3v) is 9.02. The zero-order chi connectivity index (χ0) is 30.3. The lowest BCUT2D eigenvalue weighted by molar-refractivity contribution is -0.181. The van der Waals surface area contributed by atoms with E-state index in [1.807, 2.05) is 56.2 Å². The van der Waals surface area contributed by atoms with E-state index in [0.29, 0.717) is 17.5 Å². The highest BCUT2D eigenvalue weighted by molar-refractivity contribution is 6.32. The first-order valence-electron chi connectivity index (χ1n) is 13.6. The van der Waals surface area contributed by atoms with Gasteiger partial charge in [-0.25, -0.2) is 0 Å². The van der Waals surface area contributed by atoms with Crippen LogP contribution < -0.4 is 10.6 Å². The molecule has 41 heavy (non-hydrogen) atoms. The lowest BCUT2D eigenvalue weighted by atomic mass is 9.52. The molecule has 11 heteroatoms. The summed E-state index contributed by atoms with van der Waals surface area (Å²) in [7, 11) is 10.6. The van der Waals surface area contributed by atoms with Gasteiger partial charge in [-0.1, -0.05) is 12.1 Å². The van der Waals surface area contributed by atoms with E-state index in [9.17, 15) is 34.2 Å². The number of primary amides is 1. The number of hydrogen-bond donors (Lipinski definition) is 3. The number of fused-ring (bicyclic) bond motifs is 4. The van der Waals surface area contributed by atoms with Crippen molar-refractivity contribution in [3.05, 3.63) is 34.9 Å². The second-order valence-electron chi connectivity index (χ2n) is 12.4. The largest absolute Gasteiger partial charge is 0.507 e. The average Bonchev–Trinajstić information content (AvgIpc) is 2.85. The SMILES string of the molecule is CN(C)Cc1ccc2c(N(C)C)c3c(c(O)c2c1)C(=O)C1C(=O)[C@]2(O)C(=O)C(C(N)=O)C(=O)[C@@H](N(C)C)[C@@H]2C[C@@H]1C3. The molecular formula is C30H36N4O7. The Hall–Kier alpha value is -3.67. The maximum atomic E-state index is 14.2. The standard InChI is InChI=1S/C30H36N4O7/c1-32(2)12-13-7-8-15-16(9-13)24(35)20-17(22(15)33(3)4)10-14-11-18-23(34(5)6)26(37)21(29(31)40)28(39)30(18,41)27(38)19(14)25(20)36/h7-9,14,18-19,21,23,35,41H,10-12H2,1-6H3,(H2,31,40)/t14-,18-,19?,21?,23-,30-/m0/s1. The molecule has 2 unspecified atom stereocenters. The van der Waals surface area contributed by atoms with Gasteiger partial charge in [-0.2, -0.15) is 0 Å². The van der Waals surface area contributed by atoms with E-state index in [1.54, 1.807) is 14.1 Å². The summed E-state index contributed by atoms with van der Waals surface area (Å²) in [6.45, 7) is 0.601. The molecule has 4 N–H and O–H groups in total. The number of ketones is 4. The van der Waals surface area contributed by atoms with Gasteiger partial charge in [0.15, 0.2) is 34.7 Å². The number of likely N-dealkylation sites (N-methyl/N-ethyl adjacent to an activating group) is 1. The molecule has 0 spiro atoms. The van der Waals surface area contributed by atoms with Crippen LogP contribution in [-0.2, 0) is 32.1 Å². The molecule has 0 radical (unpaired) electrons. The second kappa shape index (κ2) is 9.71. The molecule has 0 saturated heterocycles. The van der Waals surface area contributed by atoms with Crippen molar-refractivity contribution >= 4 is 45.5 Å². The number of phenolic OH excluding ortho intramolecular Hbond substituents is 1. The molecular weight excluding hydrogens is 528 g/mol. The van der Waals surface area contributed by atoms with Gasteiger partial charge in [0.2, 0.25) is 5.91 Å². The average molecular weight is 565 g/mol. The first-order chi connectivity index (χ1) is 19.1. The lowest BCUT2D eigenvalue weighted by Gasteiger charge is -2.52. The van der Waals surface area contributed by atoms with E-state index < -0.39 is 64.4 Å². The number of carbonyl (C=O) groups is 5. The number of nitrogens with zero attached hydrogens (tertiary/aromatic N) is 3. The van der Waals surface area contributed by atoms with Crippen LogP contribution in [0.15, 0.2) is 18.2 Å². The molecule has 2 aromatic rings. The van der Waals surface area contributed by atoms with Crippen molar-refractivity contribution in [2.24, 2.45) is 29.4 Å². The van der Waals surface area contributed by atoms with Gasteiger partial charge in [0.05, 0.1) is 17.5 Å². The van der Waals surface area contributed by atoms with Crippen LogP contribution in [0, 0.1) is 23.7 Å². The van der Waals surface area contributed by atoms with Gasteiger partial charge in [0.25, 0.3) is 0 Å². The number of nitrogens with two attached hydrogens (primary N) is 1. The normalized spacial score (nSPS) is 29.5. The van der Waals surface area contributed by atoms with Crippen molar-refractivity contribution in [1.29, 1.82) is 0 Å². The molecule has 1 amide bonds. The van der Waals surface area contributed by atoms with E-state index in [2.05, 4.69) is 0 Å². The Labute approximate surface area is 237 Å². The van der Waals surface area contributed by atoms with Crippen LogP contribution in [0.4, 0.5) is 5.69 Å². The number of amides is 1. The molecule has 0 heterocycles. The third-order valence-electron chi connectivity index (χ3n) is 9.02. The molecule has 2 fully saturated rings. The number of Topliss-reactive ketones (excluding diaryl/α,β-unsaturated/α-hetero) is 4. The molecule has 3 aliphatic carbocycles. The summed E-state index contributed by atoms with van der Waals surface area (Å²) in [6.07, 6.45) is 0.222. The number of hydrogen-bond acceptors (Lipinski definition) is 10. The zero-order valence-electron chi connectivity index (χ0n) is 24.1. The first-order valence-corrected chi connectivity index (χ1v) is 13.6. The summed E-state index contributed by atoms with van der Waals surface area (Å²) in [5.74, 6) is -10.5. The van der Waals surface area contributed by atoms with Gasteiger partial charge < -0.3 is 25.7 Å². The second-order valence-corrected chi connectivity index (χ2v) is 12.4. The van der Waals surface area contributed by atoms with E-state index in [0.717, 1.165) is 16.6 Å². The molecule has 0 aliphatic heterocycles. The van der Waals surface area contributed by atoms with Gasteiger partial charge in [-0.3, -0.25) is 28.9 Å². The molecule has 2 saturated carbocycles. The van der Waals surface area contributed by atoms with Gasteiger partial charge >= 0.3 is 0 Å². The van der Waals surface area contributed by atoms with Gasteiger partial charge in [-0.15, -0.1) is 0 Å². The highest BCUT2D eigenvalue weighted by atomic mass is 16.3. The minimum absolute atomic E-state index is 0.00482. The Morgan fingerprint density at radius 3 is 2.24 bits per heavy atom. The van der Waals surface area contributed by atoms with E-state index in [1.165, 1.54) is 4.90 Å². The minimum atomic E-state index is -2.74. The van der Waals surface area contributed by atoms with Crippen molar-refractivity contribution in [3.63, 3.8) is 0 Å². The van der Waals surface area contributed by atoms with Crippen LogP contribution in [0.25, 0.3) is 10.8 Å². The number of benzene rings is 2.